The van der Waals surface area contributed by atoms with Gasteiger partial charge in [0.05, 0.1) is 0 Å². The molecule has 1 heterocycles. The number of halogens is 2. The molecule has 1 aromatic carbocycles. The summed E-state index contributed by atoms with van der Waals surface area (Å²) >= 11 is 3.37. The normalized spacial score (nSPS) is 11.5. The fourth-order valence-corrected chi connectivity index (χ4v) is 2.28. The van der Waals surface area contributed by atoms with Crippen LogP contribution >= 0.6 is 28.3 Å². The smallest absolute Gasteiger partial charge is 0.287 e. The van der Waals surface area contributed by atoms with Gasteiger partial charge in [0.2, 0.25) is 0 Å². The van der Waals surface area contributed by atoms with Crippen LogP contribution in [0.5, 0.6) is 5.75 Å². The zero-order valence-corrected chi connectivity index (χ0v) is 16.1. The molecule has 1 aromatic heterocycles. The molecule has 2 N–H and O–H groups in total. The summed E-state index contributed by atoms with van der Waals surface area (Å²) < 4.78 is 12.1. The summed E-state index contributed by atoms with van der Waals surface area (Å²) in [4.78, 5) is 12.0. The second-order valence-electron chi connectivity index (χ2n) is 5.18. The lowest BCUT2D eigenvalue weighted by Gasteiger charge is -2.12. The van der Waals surface area contributed by atoms with Crippen LogP contribution in [0, 0.1) is 0 Å². The van der Waals surface area contributed by atoms with Gasteiger partial charge in [0.15, 0.2) is 5.76 Å². The average Bonchev–Trinajstić information content (AvgIpc) is 3.01. The molecule has 7 heteroatoms. The van der Waals surface area contributed by atoms with E-state index in [4.69, 9.17) is 9.15 Å². The molecule has 0 saturated carbocycles. The minimum absolute atomic E-state index is 0. The predicted molar refractivity (Wildman–Crippen MR) is 99.9 cm³/mol. The van der Waals surface area contributed by atoms with E-state index in [9.17, 15) is 4.79 Å². The Morgan fingerprint density at radius 3 is 2.62 bits per heavy atom. The van der Waals surface area contributed by atoms with E-state index in [-0.39, 0.29) is 31.0 Å². The summed E-state index contributed by atoms with van der Waals surface area (Å²) in [5.41, 5.74) is 0. The van der Waals surface area contributed by atoms with Gasteiger partial charge in [-0.1, -0.05) is 22.9 Å². The Morgan fingerprint density at radius 1 is 1.25 bits per heavy atom. The zero-order valence-electron chi connectivity index (χ0n) is 13.7. The van der Waals surface area contributed by atoms with Gasteiger partial charge in [0.1, 0.15) is 18.1 Å². The summed E-state index contributed by atoms with van der Waals surface area (Å²) in [6.07, 6.45) is 0. The lowest BCUT2D eigenvalue weighted by Crippen LogP contribution is -2.38. The van der Waals surface area contributed by atoms with Crippen molar-refractivity contribution >= 4 is 34.2 Å². The van der Waals surface area contributed by atoms with Crippen molar-refractivity contribution in [3.63, 3.8) is 0 Å². The van der Waals surface area contributed by atoms with Gasteiger partial charge in [-0.25, -0.2) is 0 Å². The highest BCUT2D eigenvalue weighted by Gasteiger charge is 2.12. The Labute approximate surface area is 156 Å². The van der Waals surface area contributed by atoms with Crippen LogP contribution in [-0.4, -0.2) is 25.0 Å². The van der Waals surface area contributed by atoms with Crippen LogP contribution in [0.4, 0.5) is 0 Å². The lowest BCUT2D eigenvalue weighted by atomic mass is 10.3. The zero-order chi connectivity index (χ0) is 16.7. The van der Waals surface area contributed by atoms with Gasteiger partial charge in [0.25, 0.3) is 5.91 Å². The topological polar surface area (TPSA) is 63.5 Å². The predicted octanol–water partition coefficient (Wildman–Crippen LogP) is 3.77. The van der Waals surface area contributed by atoms with Gasteiger partial charge >= 0.3 is 0 Å². The number of benzene rings is 1. The number of nitrogens with one attached hydrogen (secondary N) is 2. The molecule has 1 atom stereocenters. The molecule has 0 saturated heterocycles. The minimum Gasteiger partial charge on any atom is -0.486 e. The Kier molecular flexibility index (Phi) is 8.89. The molecular formula is C17H22BrClN2O3. The van der Waals surface area contributed by atoms with E-state index in [0.717, 1.165) is 16.8 Å². The molecular weight excluding hydrogens is 396 g/mol. The summed E-state index contributed by atoms with van der Waals surface area (Å²) in [6.45, 7) is 5.75. The van der Waals surface area contributed by atoms with E-state index >= 15 is 0 Å². The number of furan rings is 1. The maximum absolute atomic E-state index is 12.0. The van der Waals surface area contributed by atoms with E-state index in [1.165, 1.54) is 0 Å². The SMILES string of the molecule is CCN[C@H](C)CNC(=O)c1ccc(COc2ccc(Br)cc2)o1.Cl. The second-order valence-corrected chi connectivity index (χ2v) is 6.09. The third kappa shape index (κ3) is 6.55. The number of likely N-dealkylation sites (N-methyl/N-ethyl adjacent to an activating group) is 1. The third-order valence-corrected chi connectivity index (χ3v) is 3.73. The maximum Gasteiger partial charge on any atom is 0.287 e. The average molecular weight is 418 g/mol. The first kappa shape index (κ1) is 20.5. The molecule has 0 unspecified atom stereocenters. The van der Waals surface area contributed by atoms with E-state index in [1.54, 1.807) is 12.1 Å². The molecule has 0 radical (unpaired) electrons. The highest BCUT2D eigenvalue weighted by molar-refractivity contribution is 9.10. The molecule has 24 heavy (non-hydrogen) atoms. The number of amides is 1. The fraction of sp³-hybridized carbons (Fsp3) is 0.353. The number of ether oxygens (including phenoxy) is 1. The van der Waals surface area contributed by atoms with Crippen molar-refractivity contribution in [2.45, 2.75) is 26.5 Å². The molecule has 2 aromatic rings. The van der Waals surface area contributed by atoms with Crippen LogP contribution in [0.2, 0.25) is 0 Å². The number of hydrogen-bond acceptors (Lipinski definition) is 4. The number of hydrogen-bond donors (Lipinski definition) is 2. The highest BCUT2D eigenvalue weighted by atomic mass is 79.9. The molecule has 0 spiro atoms. The van der Waals surface area contributed by atoms with Gasteiger partial charge in [-0.15, -0.1) is 12.4 Å². The molecule has 0 fully saturated rings. The molecule has 0 bridgehead atoms. The van der Waals surface area contributed by atoms with Crippen molar-refractivity contribution in [3.05, 3.63) is 52.4 Å². The van der Waals surface area contributed by atoms with Crippen LogP contribution in [0.25, 0.3) is 0 Å². The number of rotatable bonds is 8. The fourth-order valence-electron chi connectivity index (χ4n) is 2.02. The Morgan fingerprint density at radius 2 is 1.96 bits per heavy atom. The largest absolute Gasteiger partial charge is 0.486 e. The van der Waals surface area contributed by atoms with Gasteiger partial charge in [-0.2, -0.15) is 0 Å². The quantitative estimate of drug-likeness (QED) is 0.686. The molecule has 0 aliphatic heterocycles. The molecule has 1 amide bonds. The van der Waals surface area contributed by atoms with Crippen molar-refractivity contribution in [2.24, 2.45) is 0 Å². The second kappa shape index (κ2) is 10.4. The standard InChI is InChI=1S/C17H21BrN2O3.ClH/c1-3-19-12(2)10-20-17(21)16-9-8-15(23-16)11-22-14-6-4-13(18)5-7-14;/h4-9,12,19H,3,10-11H2,1-2H3,(H,20,21);1H/t12-;/m1./s1. The van der Waals surface area contributed by atoms with Gasteiger partial charge < -0.3 is 19.8 Å². The summed E-state index contributed by atoms with van der Waals surface area (Å²) in [7, 11) is 0. The summed E-state index contributed by atoms with van der Waals surface area (Å²) in [5, 5.41) is 6.07. The Balaban J connectivity index is 0.00000288. The van der Waals surface area contributed by atoms with E-state index in [0.29, 0.717) is 18.1 Å². The maximum atomic E-state index is 12.0. The van der Waals surface area contributed by atoms with E-state index in [1.807, 2.05) is 38.1 Å². The first-order valence-corrected chi connectivity index (χ1v) is 8.36. The Bertz CT molecular complexity index is 631. The number of carbonyl (C=O) groups is 1. The lowest BCUT2D eigenvalue weighted by molar-refractivity contribution is 0.0918. The van der Waals surface area contributed by atoms with Crippen LogP contribution in [-0.2, 0) is 6.61 Å². The van der Waals surface area contributed by atoms with Crippen molar-refractivity contribution in [1.82, 2.24) is 10.6 Å². The van der Waals surface area contributed by atoms with E-state index in [2.05, 4.69) is 26.6 Å². The van der Waals surface area contributed by atoms with Crippen molar-refractivity contribution in [1.29, 1.82) is 0 Å². The van der Waals surface area contributed by atoms with Crippen LogP contribution in [0.15, 0.2) is 45.3 Å². The van der Waals surface area contributed by atoms with Crippen molar-refractivity contribution in [2.75, 3.05) is 13.1 Å². The molecule has 132 valence electrons. The van der Waals surface area contributed by atoms with Crippen molar-refractivity contribution < 1.29 is 13.9 Å². The van der Waals surface area contributed by atoms with Crippen molar-refractivity contribution in [3.8, 4) is 5.75 Å². The molecule has 0 aliphatic carbocycles. The van der Waals surface area contributed by atoms with Gasteiger partial charge in [0, 0.05) is 17.1 Å². The van der Waals surface area contributed by atoms with Crippen LogP contribution < -0.4 is 15.4 Å². The van der Waals surface area contributed by atoms with E-state index < -0.39 is 0 Å². The van der Waals surface area contributed by atoms with Crippen LogP contribution in [0.1, 0.15) is 30.2 Å². The molecule has 5 nitrogen and oxygen atoms in total. The monoisotopic (exact) mass is 416 g/mol. The molecule has 2 rings (SSSR count). The van der Waals surface area contributed by atoms with Gasteiger partial charge in [-0.05, 0) is 49.9 Å². The summed E-state index contributed by atoms with van der Waals surface area (Å²) in [6, 6.07) is 11.2. The number of carbonyl (C=O) groups excluding carboxylic acids is 1. The Hall–Kier alpha value is -1.50. The third-order valence-electron chi connectivity index (χ3n) is 3.20. The summed E-state index contributed by atoms with van der Waals surface area (Å²) in [5.74, 6) is 1.43. The molecule has 0 aliphatic rings. The minimum atomic E-state index is -0.218. The van der Waals surface area contributed by atoms with Crippen LogP contribution in [0.3, 0.4) is 0 Å². The first-order chi connectivity index (χ1) is 11.1. The first-order valence-electron chi connectivity index (χ1n) is 7.57. The van der Waals surface area contributed by atoms with Gasteiger partial charge in [-0.3, -0.25) is 4.79 Å². The highest BCUT2D eigenvalue weighted by Crippen LogP contribution is 2.18.